The van der Waals surface area contributed by atoms with Crippen LogP contribution in [0.2, 0.25) is 0 Å². The number of likely N-dealkylation sites (tertiary alicyclic amines) is 1. The van der Waals surface area contributed by atoms with Gasteiger partial charge in [-0.2, -0.15) is 5.26 Å². The number of nitriles is 1. The molecule has 0 spiro atoms. The fraction of sp³-hybridized carbons (Fsp3) is 0.682. The number of aryl methyl sites for hydroxylation is 1. The summed E-state index contributed by atoms with van der Waals surface area (Å²) in [6, 6.07) is 11.1. The van der Waals surface area contributed by atoms with Crippen LogP contribution in [-0.2, 0) is 6.54 Å². The first-order chi connectivity index (χ1) is 11.6. The summed E-state index contributed by atoms with van der Waals surface area (Å²) in [4.78, 5) is 2.50. The van der Waals surface area contributed by atoms with Gasteiger partial charge in [-0.3, -0.25) is 4.90 Å². The van der Waals surface area contributed by atoms with Crippen molar-refractivity contribution in [2.24, 2.45) is 5.41 Å². The van der Waals surface area contributed by atoms with E-state index in [4.69, 9.17) is 5.26 Å². The summed E-state index contributed by atoms with van der Waals surface area (Å²) >= 11 is 0. The number of hydrogen-bond donors (Lipinski definition) is 0. The van der Waals surface area contributed by atoms with Gasteiger partial charge in [0.15, 0.2) is 0 Å². The monoisotopic (exact) mass is 332 g/mol. The van der Waals surface area contributed by atoms with E-state index in [0.717, 1.165) is 32.5 Å². The highest BCUT2D eigenvalue weighted by Crippen LogP contribution is 2.34. The molecule has 1 aliphatic rings. The minimum Gasteiger partial charge on any atom is -0.299 e. The molecule has 0 saturated carbocycles. The van der Waals surface area contributed by atoms with Gasteiger partial charge in [0.1, 0.15) is 0 Å². The number of nitrogens with zero attached hydrogens (tertiary/aromatic N) is 2. The number of piperidine rings is 1. The van der Waals surface area contributed by atoms with E-state index in [1.807, 2.05) is 41.5 Å². The first-order valence-corrected chi connectivity index (χ1v) is 9.76. The molecule has 0 bridgehead atoms. The molecule has 2 heteroatoms. The van der Waals surface area contributed by atoms with E-state index in [9.17, 15) is 0 Å². The third kappa shape index (κ3) is 9.73. The molecule has 0 unspecified atom stereocenters. The SMILES string of the molecule is CC.CC.CC.Cc1ccc(CN2CCC(C)(CC#N)CC2)cc1. The van der Waals surface area contributed by atoms with Gasteiger partial charge >= 0.3 is 0 Å². The van der Waals surface area contributed by atoms with Gasteiger partial charge < -0.3 is 0 Å². The third-order valence-electron chi connectivity index (χ3n) is 4.10. The van der Waals surface area contributed by atoms with Crippen molar-refractivity contribution in [1.29, 1.82) is 5.26 Å². The van der Waals surface area contributed by atoms with Crippen LogP contribution in [0.25, 0.3) is 0 Å². The van der Waals surface area contributed by atoms with Gasteiger partial charge in [-0.05, 0) is 43.8 Å². The maximum Gasteiger partial charge on any atom is 0.0627 e. The summed E-state index contributed by atoms with van der Waals surface area (Å²) in [5, 5.41) is 8.85. The molecule has 1 fully saturated rings. The van der Waals surface area contributed by atoms with Crippen LogP contribution in [-0.4, -0.2) is 18.0 Å². The highest BCUT2D eigenvalue weighted by molar-refractivity contribution is 5.21. The van der Waals surface area contributed by atoms with Crippen LogP contribution >= 0.6 is 0 Å². The van der Waals surface area contributed by atoms with Crippen molar-refractivity contribution >= 4 is 0 Å². The highest BCUT2D eigenvalue weighted by Gasteiger charge is 2.29. The fourth-order valence-electron chi connectivity index (χ4n) is 2.57. The Labute approximate surface area is 151 Å². The second kappa shape index (κ2) is 15.2. The standard InChI is InChI=1S/C16H22N2.3C2H6/c1-14-3-5-15(6-4-14)13-18-11-8-16(2,7-10-17)9-12-18;3*1-2/h3-6H,7-9,11-13H2,1-2H3;3*1-2H3. The Hall–Kier alpha value is -1.33. The van der Waals surface area contributed by atoms with Crippen molar-refractivity contribution in [3.63, 3.8) is 0 Å². The van der Waals surface area contributed by atoms with Crippen molar-refractivity contribution in [1.82, 2.24) is 4.90 Å². The van der Waals surface area contributed by atoms with Crippen LogP contribution < -0.4 is 0 Å². The summed E-state index contributed by atoms with van der Waals surface area (Å²) < 4.78 is 0. The predicted molar refractivity (Wildman–Crippen MR) is 108 cm³/mol. The molecule has 2 rings (SSSR count). The molecule has 1 aliphatic heterocycles. The minimum absolute atomic E-state index is 0.249. The highest BCUT2D eigenvalue weighted by atomic mass is 15.1. The summed E-state index contributed by atoms with van der Waals surface area (Å²) in [5.74, 6) is 0. The molecule has 0 aliphatic carbocycles. The summed E-state index contributed by atoms with van der Waals surface area (Å²) in [7, 11) is 0. The van der Waals surface area contributed by atoms with Gasteiger partial charge in [0.25, 0.3) is 0 Å². The topological polar surface area (TPSA) is 27.0 Å². The van der Waals surface area contributed by atoms with E-state index in [2.05, 4.69) is 49.1 Å². The fourth-order valence-corrected chi connectivity index (χ4v) is 2.57. The zero-order chi connectivity index (χ0) is 19.0. The Balaban J connectivity index is 0. The Kier molecular flexibility index (Phi) is 15.8. The van der Waals surface area contributed by atoms with Crippen LogP contribution in [0.3, 0.4) is 0 Å². The van der Waals surface area contributed by atoms with Gasteiger partial charge in [0, 0.05) is 13.0 Å². The average Bonchev–Trinajstić information content (AvgIpc) is 2.64. The lowest BCUT2D eigenvalue weighted by Crippen LogP contribution is -2.38. The van der Waals surface area contributed by atoms with E-state index in [0.29, 0.717) is 6.42 Å². The first-order valence-electron chi connectivity index (χ1n) is 9.76. The molecule has 0 aromatic heterocycles. The molecule has 0 N–H and O–H groups in total. The number of rotatable bonds is 3. The van der Waals surface area contributed by atoms with Crippen LogP contribution in [0, 0.1) is 23.7 Å². The van der Waals surface area contributed by atoms with Gasteiger partial charge in [-0.25, -0.2) is 0 Å². The summed E-state index contributed by atoms with van der Waals surface area (Å²) in [5.41, 5.74) is 2.96. The lowest BCUT2D eigenvalue weighted by Gasteiger charge is -2.38. The van der Waals surface area contributed by atoms with E-state index >= 15 is 0 Å². The first kappa shape index (κ1) is 24.9. The Morgan fingerprint density at radius 1 is 0.958 bits per heavy atom. The quantitative estimate of drug-likeness (QED) is 0.624. The summed E-state index contributed by atoms with van der Waals surface area (Å²) in [6.45, 7) is 19.7. The van der Waals surface area contributed by atoms with Gasteiger partial charge in [-0.15, -0.1) is 0 Å². The molecule has 0 amide bonds. The van der Waals surface area contributed by atoms with Crippen molar-refractivity contribution in [3.8, 4) is 6.07 Å². The molecule has 1 saturated heterocycles. The maximum atomic E-state index is 8.85. The van der Waals surface area contributed by atoms with Crippen molar-refractivity contribution in [3.05, 3.63) is 35.4 Å². The van der Waals surface area contributed by atoms with Crippen LogP contribution in [0.4, 0.5) is 0 Å². The van der Waals surface area contributed by atoms with E-state index in [1.165, 1.54) is 11.1 Å². The Morgan fingerprint density at radius 2 is 1.42 bits per heavy atom. The number of hydrogen-bond acceptors (Lipinski definition) is 2. The van der Waals surface area contributed by atoms with Crippen molar-refractivity contribution in [2.75, 3.05) is 13.1 Å². The second-order valence-corrected chi connectivity index (χ2v) is 5.91. The van der Waals surface area contributed by atoms with Crippen LogP contribution in [0.5, 0.6) is 0 Å². The third-order valence-corrected chi connectivity index (χ3v) is 4.10. The lowest BCUT2D eigenvalue weighted by molar-refractivity contribution is 0.116. The molecule has 1 heterocycles. The van der Waals surface area contributed by atoms with Gasteiger partial charge in [0.05, 0.1) is 6.07 Å². The Bertz CT molecular complexity index is 420. The van der Waals surface area contributed by atoms with Gasteiger partial charge in [0.2, 0.25) is 0 Å². The zero-order valence-electron chi connectivity index (χ0n) is 17.4. The van der Waals surface area contributed by atoms with Gasteiger partial charge in [-0.1, -0.05) is 78.3 Å². The molecule has 0 atom stereocenters. The lowest BCUT2D eigenvalue weighted by atomic mass is 9.78. The average molecular weight is 333 g/mol. The molecule has 2 nitrogen and oxygen atoms in total. The largest absolute Gasteiger partial charge is 0.299 e. The van der Waals surface area contributed by atoms with Crippen LogP contribution in [0.1, 0.15) is 78.9 Å². The van der Waals surface area contributed by atoms with Crippen molar-refractivity contribution in [2.45, 2.75) is 81.2 Å². The van der Waals surface area contributed by atoms with Crippen molar-refractivity contribution < 1.29 is 0 Å². The van der Waals surface area contributed by atoms with Crippen LogP contribution in [0.15, 0.2) is 24.3 Å². The molecule has 1 aromatic rings. The minimum atomic E-state index is 0.249. The van der Waals surface area contributed by atoms with E-state index in [1.54, 1.807) is 0 Å². The molecule has 138 valence electrons. The Morgan fingerprint density at radius 3 is 1.83 bits per heavy atom. The molecule has 24 heavy (non-hydrogen) atoms. The number of benzene rings is 1. The van der Waals surface area contributed by atoms with E-state index < -0.39 is 0 Å². The molecule has 0 radical (unpaired) electrons. The normalized spacial score (nSPS) is 15.3. The maximum absolute atomic E-state index is 8.85. The molecule has 1 aromatic carbocycles. The smallest absolute Gasteiger partial charge is 0.0627 e. The molecular weight excluding hydrogens is 292 g/mol. The van der Waals surface area contributed by atoms with E-state index in [-0.39, 0.29) is 5.41 Å². The zero-order valence-corrected chi connectivity index (χ0v) is 17.4. The molecular formula is C22H40N2. The summed E-state index contributed by atoms with van der Waals surface area (Å²) in [6.07, 6.45) is 2.99. The second-order valence-electron chi connectivity index (χ2n) is 5.91. The predicted octanol–water partition coefficient (Wildman–Crippen LogP) is 6.59.